The van der Waals surface area contributed by atoms with Crippen molar-refractivity contribution in [2.75, 3.05) is 7.05 Å². The molecule has 0 saturated heterocycles. The number of furan rings is 1. The van der Waals surface area contributed by atoms with Crippen molar-refractivity contribution in [1.82, 2.24) is 24.8 Å². The molecule has 3 aromatic heterocycles. The third-order valence-corrected chi connectivity index (χ3v) is 4.02. The lowest BCUT2D eigenvalue weighted by Crippen LogP contribution is -2.26. The first kappa shape index (κ1) is 16.1. The number of aromatic nitrogens is 4. The lowest BCUT2D eigenvalue weighted by Gasteiger charge is -2.14. The lowest BCUT2D eigenvalue weighted by molar-refractivity contribution is 0.0750. The summed E-state index contributed by atoms with van der Waals surface area (Å²) in [5.41, 5.74) is 0.719. The van der Waals surface area contributed by atoms with Crippen molar-refractivity contribution in [2.24, 2.45) is 0 Å². The average molecular weight is 341 g/mol. The smallest absolute Gasteiger partial charge is 0.289 e. The highest BCUT2D eigenvalue weighted by Crippen LogP contribution is 2.20. The summed E-state index contributed by atoms with van der Waals surface area (Å²) >= 11 is 1.45. The number of thioether (sulfide) groups is 1. The van der Waals surface area contributed by atoms with E-state index < -0.39 is 0 Å². The summed E-state index contributed by atoms with van der Waals surface area (Å²) < 4.78 is 5.62. The number of hydrogen-bond acceptors (Lipinski definition) is 7. The Bertz CT molecular complexity index is 794. The minimum absolute atomic E-state index is 0.201. The van der Waals surface area contributed by atoms with E-state index in [0.717, 1.165) is 5.69 Å². The fourth-order valence-electron chi connectivity index (χ4n) is 1.98. The van der Waals surface area contributed by atoms with Gasteiger partial charge in [-0.15, -0.1) is 0 Å². The molecule has 0 aliphatic carbocycles. The molecule has 122 valence electrons. The van der Waals surface area contributed by atoms with Crippen LogP contribution in [0.3, 0.4) is 0 Å². The summed E-state index contributed by atoms with van der Waals surface area (Å²) in [5.74, 6) is 1.35. The molecule has 0 aliphatic heterocycles. The molecule has 0 bridgehead atoms. The second-order valence-corrected chi connectivity index (χ2v) is 5.89. The van der Waals surface area contributed by atoms with Crippen LogP contribution in [0.25, 0.3) is 0 Å². The molecular weight excluding hydrogens is 326 g/mol. The minimum Gasteiger partial charge on any atom is -0.455 e. The van der Waals surface area contributed by atoms with Gasteiger partial charge in [0.25, 0.3) is 5.91 Å². The van der Waals surface area contributed by atoms with E-state index in [1.165, 1.54) is 11.8 Å². The maximum absolute atomic E-state index is 12.4. The van der Waals surface area contributed by atoms with Gasteiger partial charge in [0.15, 0.2) is 10.9 Å². The molecule has 3 rings (SSSR count). The Kier molecular flexibility index (Phi) is 5.17. The van der Waals surface area contributed by atoms with Crippen LogP contribution in [0.15, 0.2) is 58.8 Å². The second-order valence-electron chi connectivity index (χ2n) is 4.94. The summed E-state index contributed by atoms with van der Waals surface area (Å²) in [6.07, 6.45) is 8.20. The Hall–Kier alpha value is -2.74. The monoisotopic (exact) mass is 341 g/mol. The molecule has 0 saturated carbocycles. The third kappa shape index (κ3) is 4.17. The molecule has 7 nitrogen and oxygen atoms in total. The van der Waals surface area contributed by atoms with Crippen LogP contribution in [0.5, 0.6) is 0 Å². The summed E-state index contributed by atoms with van der Waals surface area (Å²) in [6.45, 7) is 0.370. The molecule has 24 heavy (non-hydrogen) atoms. The highest BCUT2D eigenvalue weighted by molar-refractivity contribution is 7.98. The largest absolute Gasteiger partial charge is 0.455 e. The molecule has 0 aromatic carbocycles. The Morgan fingerprint density at radius 2 is 2.00 bits per heavy atom. The predicted molar refractivity (Wildman–Crippen MR) is 88.1 cm³/mol. The van der Waals surface area contributed by atoms with Crippen LogP contribution in [0.2, 0.25) is 0 Å². The van der Waals surface area contributed by atoms with E-state index in [-0.39, 0.29) is 5.91 Å². The standard InChI is InChI=1S/C16H15N5O2S/c1-21(10-12-9-17-7-8-18-12)15(22)14-4-3-13(23-14)11-24-16-19-5-2-6-20-16/h2-9H,10-11H2,1H3. The first-order valence-electron chi connectivity index (χ1n) is 7.21. The van der Waals surface area contributed by atoms with Gasteiger partial charge in [-0.1, -0.05) is 11.8 Å². The fourth-order valence-corrected chi connectivity index (χ4v) is 2.68. The number of carbonyl (C=O) groups excluding carboxylic acids is 1. The molecule has 0 unspecified atom stereocenters. The van der Waals surface area contributed by atoms with E-state index in [1.807, 2.05) is 0 Å². The maximum atomic E-state index is 12.4. The van der Waals surface area contributed by atoms with Crippen molar-refractivity contribution in [3.63, 3.8) is 0 Å². The number of nitrogens with zero attached hydrogens (tertiary/aromatic N) is 5. The number of carbonyl (C=O) groups is 1. The van der Waals surface area contributed by atoms with Gasteiger partial charge in [0.1, 0.15) is 5.76 Å². The first-order valence-corrected chi connectivity index (χ1v) is 8.20. The average Bonchev–Trinajstić information content (AvgIpc) is 3.10. The van der Waals surface area contributed by atoms with Gasteiger partial charge in [-0.25, -0.2) is 9.97 Å². The Balaban J connectivity index is 1.59. The second kappa shape index (κ2) is 7.69. The molecule has 0 spiro atoms. The van der Waals surface area contributed by atoms with Gasteiger partial charge in [0, 0.05) is 31.8 Å². The van der Waals surface area contributed by atoms with Crippen molar-refractivity contribution in [2.45, 2.75) is 17.5 Å². The van der Waals surface area contributed by atoms with Gasteiger partial charge in [-0.2, -0.15) is 0 Å². The van der Waals surface area contributed by atoms with Crippen molar-refractivity contribution in [1.29, 1.82) is 0 Å². The zero-order chi connectivity index (χ0) is 16.8. The Morgan fingerprint density at radius 1 is 1.17 bits per heavy atom. The SMILES string of the molecule is CN(Cc1cnccn1)C(=O)c1ccc(CSc2ncccn2)o1. The summed E-state index contributed by atoms with van der Waals surface area (Å²) in [7, 11) is 1.70. The molecule has 0 radical (unpaired) electrons. The summed E-state index contributed by atoms with van der Waals surface area (Å²) in [6, 6.07) is 5.23. The predicted octanol–water partition coefficient (Wildman–Crippen LogP) is 2.42. The fraction of sp³-hybridized carbons (Fsp3) is 0.188. The molecule has 0 atom stereocenters. The van der Waals surface area contributed by atoms with E-state index in [4.69, 9.17) is 4.42 Å². The molecule has 3 heterocycles. The van der Waals surface area contributed by atoms with Crippen LogP contribution in [-0.4, -0.2) is 37.8 Å². The number of amides is 1. The normalized spacial score (nSPS) is 10.5. The van der Waals surface area contributed by atoms with Crippen LogP contribution in [0.4, 0.5) is 0 Å². The topological polar surface area (TPSA) is 85.0 Å². The van der Waals surface area contributed by atoms with E-state index in [2.05, 4.69) is 19.9 Å². The first-order chi connectivity index (χ1) is 11.7. The molecule has 0 N–H and O–H groups in total. The Morgan fingerprint density at radius 3 is 2.75 bits per heavy atom. The van der Waals surface area contributed by atoms with E-state index in [1.54, 1.807) is 61.1 Å². The minimum atomic E-state index is -0.201. The lowest BCUT2D eigenvalue weighted by atomic mass is 10.3. The molecule has 0 aliphatic rings. The van der Waals surface area contributed by atoms with Gasteiger partial charge in [0.2, 0.25) is 0 Å². The van der Waals surface area contributed by atoms with Crippen LogP contribution in [0.1, 0.15) is 22.0 Å². The van der Waals surface area contributed by atoms with Gasteiger partial charge >= 0.3 is 0 Å². The zero-order valence-electron chi connectivity index (χ0n) is 13.0. The highest BCUT2D eigenvalue weighted by Gasteiger charge is 2.17. The molecule has 8 heteroatoms. The summed E-state index contributed by atoms with van der Waals surface area (Å²) in [5, 5.41) is 0.668. The number of hydrogen-bond donors (Lipinski definition) is 0. The van der Waals surface area contributed by atoms with Crippen LogP contribution in [-0.2, 0) is 12.3 Å². The van der Waals surface area contributed by atoms with E-state index in [9.17, 15) is 4.79 Å². The van der Waals surface area contributed by atoms with E-state index >= 15 is 0 Å². The maximum Gasteiger partial charge on any atom is 0.289 e. The summed E-state index contributed by atoms with van der Waals surface area (Å²) in [4.78, 5) is 30.3. The van der Waals surface area contributed by atoms with Crippen LogP contribution < -0.4 is 0 Å². The molecule has 0 fully saturated rings. The van der Waals surface area contributed by atoms with Crippen molar-refractivity contribution in [3.05, 3.63) is 66.4 Å². The van der Waals surface area contributed by atoms with E-state index in [0.29, 0.717) is 29.0 Å². The zero-order valence-corrected chi connectivity index (χ0v) is 13.8. The van der Waals surface area contributed by atoms with Crippen molar-refractivity contribution < 1.29 is 9.21 Å². The van der Waals surface area contributed by atoms with Gasteiger partial charge in [0.05, 0.1) is 24.2 Å². The molecular formula is C16H15N5O2S. The van der Waals surface area contributed by atoms with Gasteiger partial charge in [-0.3, -0.25) is 14.8 Å². The number of rotatable bonds is 6. The third-order valence-electron chi connectivity index (χ3n) is 3.12. The quantitative estimate of drug-likeness (QED) is 0.503. The van der Waals surface area contributed by atoms with Crippen LogP contribution >= 0.6 is 11.8 Å². The molecule has 3 aromatic rings. The van der Waals surface area contributed by atoms with Gasteiger partial charge in [-0.05, 0) is 18.2 Å². The van der Waals surface area contributed by atoms with Gasteiger partial charge < -0.3 is 9.32 Å². The van der Waals surface area contributed by atoms with Crippen molar-refractivity contribution in [3.8, 4) is 0 Å². The molecule has 1 amide bonds. The highest BCUT2D eigenvalue weighted by atomic mass is 32.2. The van der Waals surface area contributed by atoms with Crippen LogP contribution in [0, 0.1) is 0 Å². The Labute approximate surface area is 143 Å². The van der Waals surface area contributed by atoms with Crippen molar-refractivity contribution >= 4 is 17.7 Å².